The zero-order chi connectivity index (χ0) is 12.0. The molecule has 0 unspecified atom stereocenters. The van der Waals surface area contributed by atoms with Crippen molar-refractivity contribution in [3.05, 3.63) is 35.9 Å². The van der Waals surface area contributed by atoms with Crippen LogP contribution in [0.1, 0.15) is 11.6 Å². The predicted octanol–water partition coefficient (Wildman–Crippen LogP) is 2.53. The molecule has 1 rings (SSSR count). The summed E-state index contributed by atoms with van der Waals surface area (Å²) in [5.74, 6) is 0. The third kappa shape index (κ3) is 4.63. The summed E-state index contributed by atoms with van der Waals surface area (Å²) < 4.78 is 41.1. The molecule has 0 amide bonds. The first-order valence-electron chi connectivity index (χ1n) is 4.87. The van der Waals surface area contributed by atoms with Gasteiger partial charge < -0.3 is 4.74 Å². The standard InChI is InChI=1S/C11H14F3NO/c1-16-7-10(15-8-11(12,13)14)9-5-3-2-4-6-9/h2-6,10,15H,7-8H2,1H3/t10-/m0/s1. The number of halogens is 3. The average molecular weight is 233 g/mol. The smallest absolute Gasteiger partial charge is 0.383 e. The van der Waals surface area contributed by atoms with E-state index >= 15 is 0 Å². The molecule has 0 heterocycles. The lowest BCUT2D eigenvalue weighted by molar-refractivity contribution is -0.127. The maximum absolute atomic E-state index is 12.1. The Balaban J connectivity index is 2.61. The van der Waals surface area contributed by atoms with Gasteiger partial charge in [-0.3, -0.25) is 5.32 Å². The monoisotopic (exact) mass is 233 g/mol. The van der Waals surface area contributed by atoms with Crippen LogP contribution in [0.3, 0.4) is 0 Å². The maximum atomic E-state index is 12.1. The molecule has 16 heavy (non-hydrogen) atoms. The summed E-state index contributed by atoms with van der Waals surface area (Å²) in [4.78, 5) is 0. The molecular weight excluding hydrogens is 219 g/mol. The SMILES string of the molecule is COC[C@H](NCC(F)(F)F)c1ccccc1. The average Bonchev–Trinajstić information content (AvgIpc) is 2.24. The van der Waals surface area contributed by atoms with Crippen LogP contribution in [0, 0.1) is 0 Å². The second-order valence-electron chi connectivity index (χ2n) is 3.41. The molecule has 0 saturated heterocycles. The van der Waals surface area contributed by atoms with Crippen molar-refractivity contribution in [3.63, 3.8) is 0 Å². The first-order chi connectivity index (χ1) is 7.53. The number of hydrogen-bond acceptors (Lipinski definition) is 2. The fourth-order valence-corrected chi connectivity index (χ4v) is 1.36. The molecule has 0 fully saturated rings. The fourth-order valence-electron chi connectivity index (χ4n) is 1.36. The van der Waals surface area contributed by atoms with Crippen LogP contribution in [0.2, 0.25) is 0 Å². The Morgan fingerprint density at radius 3 is 2.38 bits per heavy atom. The highest BCUT2D eigenvalue weighted by molar-refractivity contribution is 5.18. The second kappa shape index (κ2) is 5.86. The third-order valence-electron chi connectivity index (χ3n) is 2.08. The van der Waals surface area contributed by atoms with Gasteiger partial charge in [0, 0.05) is 7.11 Å². The summed E-state index contributed by atoms with van der Waals surface area (Å²) in [6.07, 6.45) is -4.21. The van der Waals surface area contributed by atoms with Crippen LogP contribution in [0.4, 0.5) is 13.2 Å². The minimum atomic E-state index is -4.21. The molecule has 0 aromatic heterocycles. The molecule has 0 aliphatic carbocycles. The van der Waals surface area contributed by atoms with Crippen LogP contribution in [0.5, 0.6) is 0 Å². The third-order valence-corrected chi connectivity index (χ3v) is 2.08. The normalized spacial score (nSPS) is 13.8. The molecule has 0 aliphatic rings. The highest BCUT2D eigenvalue weighted by atomic mass is 19.4. The Kier molecular flexibility index (Phi) is 4.76. The van der Waals surface area contributed by atoms with Gasteiger partial charge in [-0.2, -0.15) is 13.2 Å². The van der Waals surface area contributed by atoms with Crippen LogP contribution in [0.25, 0.3) is 0 Å². The van der Waals surface area contributed by atoms with Gasteiger partial charge in [0.25, 0.3) is 0 Å². The molecule has 0 spiro atoms. The van der Waals surface area contributed by atoms with Crippen molar-refractivity contribution in [1.82, 2.24) is 5.32 Å². The molecule has 0 bridgehead atoms. The molecule has 90 valence electrons. The molecule has 1 aromatic carbocycles. The number of nitrogens with one attached hydrogen (secondary N) is 1. The van der Waals surface area contributed by atoms with Crippen molar-refractivity contribution in [2.45, 2.75) is 12.2 Å². The van der Waals surface area contributed by atoms with Gasteiger partial charge >= 0.3 is 6.18 Å². The summed E-state index contributed by atoms with van der Waals surface area (Å²) in [5.41, 5.74) is 0.786. The number of hydrogen-bond donors (Lipinski definition) is 1. The van der Waals surface area contributed by atoms with E-state index in [1.54, 1.807) is 24.3 Å². The van der Waals surface area contributed by atoms with Gasteiger partial charge in [0.1, 0.15) is 0 Å². The summed E-state index contributed by atoms with van der Waals surface area (Å²) in [5, 5.41) is 2.43. The van der Waals surface area contributed by atoms with Crippen LogP contribution in [0.15, 0.2) is 30.3 Å². The molecular formula is C11H14F3NO. The van der Waals surface area contributed by atoms with E-state index in [0.717, 1.165) is 5.56 Å². The predicted molar refractivity (Wildman–Crippen MR) is 55.1 cm³/mol. The van der Waals surface area contributed by atoms with Gasteiger partial charge in [-0.15, -0.1) is 0 Å². The van der Waals surface area contributed by atoms with Gasteiger partial charge in [0.15, 0.2) is 0 Å². The molecule has 1 atom stereocenters. The molecule has 1 N–H and O–H groups in total. The quantitative estimate of drug-likeness (QED) is 0.843. The fraction of sp³-hybridized carbons (Fsp3) is 0.455. The van der Waals surface area contributed by atoms with Crippen LogP contribution >= 0.6 is 0 Å². The van der Waals surface area contributed by atoms with Gasteiger partial charge in [-0.1, -0.05) is 30.3 Å². The Labute approximate surface area is 92.4 Å². The molecule has 0 radical (unpaired) electrons. The Morgan fingerprint density at radius 2 is 1.88 bits per heavy atom. The largest absolute Gasteiger partial charge is 0.401 e. The Morgan fingerprint density at radius 1 is 1.25 bits per heavy atom. The van der Waals surface area contributed by atoms with E-state index in [0.29, 0.717) is 0 Å². The van der Waals surface area contributed by atoms with E-state index in [9.17, 15) is 13.2 Å². The van der Waals surface area contributed by atoms with Crippen molar-refractivity contribution >= 4 is 0 Å². The summed E-state index contributed by atoms with van der Waals surface area (Å²) >= 11 is 0. The maximum Gasteiger partial charge on any atom is 0.401 e. The summed E-state index contributed by atoms with van der Waals surface area (Å²) in [7, 11) is 1.46. The zero-order valence-electron chi connectivity index (χ0n) is 8.92. The van der Waals surface area contributed by atoms with Crippen LogP contribution in [-0.4, -0.2) is 26.4 Å². The highest BCUT2D eigenvalue weighted by Crippen LogP contribution is 2.17. The van der Waals surface area contributed by atoms with Gasteiger partial charge in [0.05, 0.1) is 19.2 Å². The van der Waals surface area contributed by atoms with Crippen molar-refractivity contribution in [2.24, 2.45) is 0 Å². The lowest BCUT2D eigenvalue weighted by Crippen LogP contribution is -2.34. The molecule has 1 aromatic rings. The van der Waals surface area contributed by atoms with Crippen molar-refractivity contribution in [3.8, 4) is 0 Å². The number of ether oxygens (including phenoxy) is 1. The number of alkyl halides is 3. The number of rotatable bonds is 5. The van der Waals surface area contributed by atoms with E-state index in [-0.39, 0.29) is 6.61 Å². The van der Waals surface area contributed by atoms with E-state index in [2.05, 4.69) is 5.32 Å². The highest BCUT2D eigenvalue weighted by Gasteiger charge is 2.28. The first kappa shape index (κ1) is 13.0. The zero-order valence-corrected chi connectivity index (χ0v) is 8.92. The van der Waals surface area contributed by atoms with Gasteiger partial charge in [-0.25, -0.2) is 0 Å². The topological polar surface area (TPSA) is 21.3 Å². The Hall–Kier alpha value is -1.07. The van der Waals surface area contributed by atoms with E-state index < -0.39 is 18.8 Å². The summed E-state index contributed by atoms with van der Waals surface area (Å²) in [6.45, 7) is -0.810. The molecule has 0 aliphatic heterocycles. The summed E-state index contributed by atoms with van der Waals surface area (Å²) in [6, 6.07) is 8.49. The Bertz CT molecular complexity index is 300. The number of methoxy groups -OCH3 is 1. The van der Waals surface area contributed by atoms with Gasteiger partial charge in [0.2, 0.25) is 0 Å². The van der Waals surface area contributed by atoms with Crippen molar-refractivity contribution < 1.29 is 17.9 Å². The minimum Gasteiger partial charge on any atom is -0.383 e. The van der Waals surface area contributed by atoms with E-state index in [1.165, 1.54) is 7.11 Å². The van der Waals surface area contributed by atoms with E-state index in [4.69, 9.17) is 4.74 Å². The van der Waals surface area contributed by atoms with Crippen molar-refractivity contribution in [1.29, 1.82) is 0 Å². The minimum absolute atomic E-state index is 0.208. The van der Waals surface area contributed by atoms with E-state index in [1.807, 2.05) is 6.07 Å². The van der Waals surface area contributed by atoms with Gasteiger partial charge in [-0.05, 0) is 5.56 Å². The number of benzene rings is 1. The van der Waals surface area contributed by atoms with Crippen molar-refractivity contribution in [2.75, 3.05) is 20.3 Å². The molecule has 2 nitrogen and oxygen atoms in total. The van der Waals surface area contributed by atoms with Crippen LogP contribution in [-0.2, 0) is 4.74 Å². The molecule has 0 saturated carbocycles. The lowest BCUT2D eigenvalue weighted by Gasteiger charge is -2.19. The first-order valence-corrected chi connectivity index (χ1v) is 4.87. The van der Waals surface area contributed by atoms with Crippen LogP contribution < -0.4 is 5.32 Å². The second-order valence-corrected chi connectivity index (χ2v) is 3.41. The molecule has 5 heteroatoms. The lowest BCUT2D eigenvalue weighted by atomic mass is 10.1.